The molecular formula is C20H19FN4. The summed E-state index contributed by atoms with van der Waals surface area (Å²) >= 11 is 0. The lowest BCUT2D eigenvalue weighted by Crippen LogP contribution is -2.08. The van der Waals surface area contributed by atoms with Gasteiger partial charge in [-0.3, -0.25) is 0 Å². The predicted octanol–water partition coefficient (Wildman–Crippen LogP) is 4.91. The highest BCUT2D eigenvalue weighted by atomic mass is 19.1. The lowest BCUT2D eigenvalue weighted by Gasteiger charge is -2.13. The van der Waals surface area contributed by atoms with Crippen molar-refractivity contribution in [2.24, 2.45) is 0 Å². The maximum Gasteiger partial charge on any atom is 0.225 e. The third kappa shape index (κ3) is 3.60. The molecule has 1 fully saturated rings. The molecule has 0 amide bonds. The second-order valence-electron chi connectivity index (χ2n) is 6.28. The van der Waals surface area contributed by atoms with Crippen LogP contribution in [0.25, 0.3) is 11.3 Å². The van der Waals surface area contributed by atoms with Crippen LogP contribution in [0.1, 0.15) is 18.4 Å². The van der Waals surface area contributed by atoms with E-state index in [1.807, 2.05) is 42.5 Å². The van der Waals surface area contributed by atoms with E-state index in [1.165, 1.54) is 6.07 Å². The van der Waals surface area contributed by atoms with E-state index in [9.17, 15) is 4.39 Å². The monoisotopic (exact) mass is 334 g/mol. The summed E-state index contributed by atoms with van der Waals surface area (Å²) in [7, 11) is 0. The maximum atomic E-state index is 13.8. The van der Waals surface area contributed by atoms with Gasteiger partial charge in [-0.05, 0) is 31.9 Å². The van der Waals surface area contributed by atoms with Gasteiger partial charge in [0.15, 0.2) is 0 Å². The summed E-state index contributed by atoms with van der Waals surface area (Å²) in [5.74, 6) is 1.00. The molecule has 1 aliphatic rings. The van der Waals surface area contributed by atoms with Gasteiger partial charge in [-0.2, -0.15) is 4.98 Å². The Morgan fingerprint density at radius 1 is 1.00 bits per heavy atom. The predicted molar refractivity (Wildman–Crippen MR) is 98.5 cm³/mol. The Morgan fingerprint density at radius 2 is 1.80 bits per heavy atom. The van der Waals surface area contributed by atoms with Crippen molar-refractivity contribution in [3.63, 3.8) is 0 Å². The van der Waals surface area contributed by atoms with Crippen LogP contribution >= 0.6 is 0 Å². The molecule has 5 heteroatoms. The number of halogens is 1. The van der Waals surface area contributed by atoms with Crippen LogP contribution in [0.2, 0.25) is 0 Å². The second-order valence-corrected chi connectivity index (χ2v) is 6.28. The summed E-state index contributed by atoms with van der Waals surface area (Å²) in [6.45, 7) is 1.75. The first kappa shape index (κ1) is 15.6. The fourth-order valence-corrected chi connectivity index (χ4v) is 2.62. The molecule has 3 aromatic rings. The molecular weight excluding hydrogens is 315 g/mol. The quantitative estimate of drug-likeness (QED) is 0.696. The summed E-state index contributed by atoms with van der Waals surface area (Å²) in [6.07, 6.45) is 2.29. The lowest BCUT2D eigenvalue weighted by atomic mass is 10.1. The molecule has 1 heterocycles. The van der Waals surface area contributed by atoms with Crippen molar-refractivity contribution < 1.29 is 4.39 Å². The van der Waals surface area contributed by atoms with E-state index in [2.05, 4.69) is 20.6 Å². The molecule has 1 aliphatic carbocycles. The van der Waals surface area contributed by atoms with Gasteiger partial charge in [0.25, 0.3) is 0 Å². The van der Waals surface area contributed by atoms with E-state index in [-0.39, 0.29) is 5.82 Å². The third-order valence-corrected chi connectivity index (χ3v) is 4.24. The molecule has 0 atom stereocenters. The summed E-state index contributed by atoms with van der Waals surface area (Å²) in [5.41, 5.74) is 3.12. The highest BCUT2D eigenvalue weighted by Crippen LogP contribution is 2.28. The first-order valence-electron chi connectivity index (χ1n) is 8.42. The van der Waals surface area contributed by atoms with Crippen molar-refractivity contribution in [1.82, 2.24) is 9.97 Å². The Labute approximate surface area is 146 Å². The molecule has 25 heavy (non-hydrogen) atoms. The van der Waals surface area contributed by atoms with E-state index in [0.717, 1.165) is 24.1 Å². The molecule has 0 radical (unpaired) electrons. The van der Waals surface area contributed by atoms with Crippen LogP contribution in [0.5, 0.6) is 0 Å². The average Bonchev–Trinajstić information content (AvgIpc) is 3.43. The first-order chi connectivity index (χ1) is 12.2. The molecule has 0 spiro atoms. The number of aromatic nitrogens is 2. The van der Waals surface area contributed by atoms with E-state index in [0.29, 0.717) is 29.1 Å². The number of nitrogens with zero attached hydrogens (tertiary/aromatic N) is 2. The van der Waals surface area contributed by atoms with Gasteiger partial charge in [0, 0.05) is 28.9 Å². The molecule has 1 saturated carbocycles. The Balaban J connectivity index is 1.71. The number of nitrogens with one attached hydrogen (secondary N) is 2. The molecule has 0 unspecified atom stereocenters. The number of benzene rings is 2. The first-order valence-corrected chi connectivity index (χ1v) is 8.42. The van der Waals surface area contributed by atoms with Gasteiger partial charge in [0.2, 0.25) is 5.95 Å². The molecule has 2 aromatic carbocycles. The number of hydrogen-bond acceptors (Lipinski definition) is 4. The van der Waals surface area contributed by atoms with Crippen LogP contribution in [0, 0.1) is 12.7 Å². The smallest absolute Gasteiger partial charge is 0.225 e. The minimum absolute atomic E-state index is 0.237. The number of anilines is 3. The van der Waals surface area contributed by atoms with Crippen molar-refractivity contribution in [1.29, 1.82) is 0 Å². The minimum atomic E-state index is -0.237. The number of hydrogen-bond donors (Lipinski definition) is 2. The Kier molecular flexibility index (Phi) is 4.06. The minimum Gasteiger partial charge on any atom is -0.351 e. The third-order valence-electron chi connectivity index (χ3n) is 4.24. The largest absolute Gasteiger partial charge is 0.351 e. The molecule has 0 saturated heterocycles. The fourth-order valence-electron chi connectivity index (χ4n) is 2.62. The van der Waals surface area contributed by atoms with Gasteiger partial charge in [0.05, 0.1) is 5.69 Å². The van der Waals surface area contributed by atoms with Crippen LogP contribution in [-0.2, 0) is 0 Å². The van der Waals surface area contributed by atoms with Crippen LogP contribution in [0.15, 0.2) is 54.6 Å². The summed E-state index contributed by atoms with van der Waals surface area (Å²) < 4.78 is 13.8. The van der Waals surface area contributed by atoms with E-state index in [1.54, 1.807) is 13.0 Å². The summed E-state index contributed by atoms with van der Waals surface area (Å²) in [4.78, 5) is 9.18. The summed E-state index contributed by atoms with van der Waals surface area (Å²) in [6, 6.07) is 17.3. The van der Waals surface area contributed by atoms with Crippen molar-refractivity contribution in [3.8, 4) is 11.3 Å². The van der Waals surface area contributed by atoms with E-state index < -0.39 is 0 Å². The van der Waals surface area contributed by atoms with Gasteiger partial charge >= 0.3 is 0 Å². The molecule has 0 bridgehead atoms. The van der Waals surface area contributed by atoms with Crippen LogP contribution in [0.3, 0.4) is 0 Å². The summed E-state index contributed by atoms with van der Waals surface area (Å²) in [5, 5.41) is 6.57. The molecule has 0 aliphatic heterocycles. The van der Waals surface area contributed by atoms with Gasteiger partial charge < -0.3 is 10.6 Å². The highest BCUT2D eigenvalue weighted by molar-refractivity contribution is 5.68. The SMILES string of the molecule is Cc1c(F)cccc1Nc1cc(-c2ccccc2)nc(NC2CC2)n1. The zero-order chi connectivity index (χ0) is 17.2. The molecule has 1 aromatic heterocycles. The van der Waals surface area contributed by atoms with Gasteiger partial charge in [-0.15, -0.1) is 0 Å². The van der Waals surface area contributed by atoms with Crippen molar-refractivity contribution in [2.75, 3.05) is 10.6 Å². The molecule has 4 rings (SSSR count). The topological polar surface area (TPSA) is 49.8 Å². The highest BCUT2D eigenvalue weighted by Gasteiger charge is 2.22. The fraction of sp³-hybridized carbons (Fsp3) is 0.200. The number of rotatable bonds is 5. The van der Waals surface area contributed by atoms with Crippen LogP contribution < -0.4 is 10.6 Å². The van der Waals surface area contributed by atoms with Gasteiger partial charge in [-0.25, -0.2) is 9.37 Å². The van der Waals surface area contributed by atoms with Crippen LogP contribution in [-0.4, -0.2) is 16.0 Å². The average molecular weight is 334 g/mol. The van der Waals surface area contributed by atoms with Crippen molar-refractivity contribution >= 4 is 17.5 Å². The van der Waals surface area contributed by atoms with Gasteiger partial charge in [-0.1, -0.05) is 36.4 Å². The van der Waals surface area contributed by atoms with Crippen molar-refractivity contribution in [3.05, 3.63) is 66.0 Å². The van der Waals surface area contributed by atoms with E-state index >= 15 is 0 Å². The zero-order valence-corrected chi connectivity index (χ0v) is 14.0. The Hall–Kier alpha value is -2.95. The molecule has 4 nitrogen and oxygen atoms in total. The maximum absolute atomic E-state index is 13.8. The lowest BCUT2D eigenvalue weighted by molar-refractivity contribution is 0.619. The zero-order valence-electron chi connectivity index (χ0n) is 14.0. The Morgan fingerprint density at radius 3 is 2.56 bits per heavy atom. The molecule has 126 valence electrons. The standard InChI is InChI=1S/C20H19FN4/c1-13-16(21)8-5-9-17(13)23-19-12-18(14-6-3-2-4-7-14)24-20(25-19)22-15-10-11-15/h2-9,12,15H,10-11H2,1H3,(H2,22,23,24,25). The van der Waals surface area contributed by atoms with E-state index in [4.69, 9.17) is 0 Å². The molecule has 2 N–H and O–H groups in total. The Bertz CT molecular complexity index is 891. The van der Waals surface area contributed by atoms with Gasteiger partial charge in [0.1, 0.15) is 11.6 Å². The van der Waals surface area contributed by atoms with Crippen molar-refractivity contribution in [2.45, 2.75) is 25.8 Å². The second kappa shape index (κ2) is 6.51. The van der Waals surface area contributed by atoms with Crippen LogP contribution in [0.4, 0.5) is 21.8 Å². The normalized spacial score (nSPS) is 13.5.